The average Bonchev–Trinajstić information content (AvgIpc) is 2.42. The SMILES string of the molecule is CC(C)CNCc1ccc(OC2CCOCC2)cc1. The third-order valence-corrected chi connectivity index (χ3v) is 3.28. The molecule has 1 fully saturated rings. The van der Waals surface area contributed by atoms with Crippen molar-refractivity contribution in [3.63, 3.8) is 0 Å². The topological polar surface area (TPSA) is 30.5 Å². The molecule has 106 valence electrons. The van der Waals surface area contributed by atoms with Crippen LogP contribution in [0.25, 0.3) is 0 Å². The Morgan fingerprint density at radius 3 is 2.53 bits per heavy atom. The molecule has 0 aromatic heterocycles. The summed E-state index contributed by atoms with van der Waals surface area (Å²) >= 11 is 0. The third kappa shape index (κ3) is 5.21. The summed E-state index contributed by atoms with van der Waals surface area (Å²) in [5, 5.41) is 3.44. The number of rotatable bonds is 6. The van der Waals surface area contributed by atoms with Gasteiger partial charge in [-0.15, -0.1) is 0 Å². The van der Waals surface area contributed by atoms with Gasteiger partial charge in [-0.25, -0.2) is 0 Å². The van der Waals surface area contributed by atoms with Crippen LogP contribution in [0.3, 0.4) is 0 Å². The molecule has 3 heteroatoms. The van der Waals surface area contributed by atoms with Crippen molar-refractivity contribution in [2.45, 2.75) is 39.3 Å². The van der Waals surface area contributed by atoms with Gasteiger partial charge in [0.2, 0.25) is 0 Å². The van der Waals surface area contributed by atoms with Crippen molar-refractivity contribution in [3.8, 4) is 5.75 Å². The van der Waals surface area contributed by atoms with Gasteiger partial charge in [0.05, 0.1) is 13.2 Å². The van der Waals surface area contributed by atoms with Crippen LogP contribution < -0.4 is 10.1 Å². The highest BCUT2D eigenvalue weighted by molar-refractivity contribution is 5.27. The van der Waals surface area contributed by atoms with Crippen LogP contribution in [0.5, 0.6) is 5.75 Å². The third-order valence-electron chi connectivity index (χ3n) is 3.28. The first kappa shape index (κ1) is 14.4. The van der Waals surface area contributed by atoms with E-state index in [1.54, 1.807) is 0 Å². The Kier molecular flexibility index (Phi) is 5.67. The average molecular weight is 263 g/mol. The van der Waals surface area contributed by atoms with Crippen molar-refractivity contribution in [3.05, 3.63) is 29.8 Å². The molecule has 0 amide bonds. The van der Waals surface area contributed by atoms with Gasteiger partial charge in [-0.2, -0.15) is 0 Å². The standard InChI is InChI=1S/C16H25NO2/c1-13(2)11-17-12-14-3-5-15(6-4-14)19-16-7-9-18-10-8-16/h3-6,13,16-17H,7-12H2,1-2H3. The Hall–Kier alpha value is -1.06. The van der Waals surface area contributed by atoms with Gasteiger partial charge in [0.15, 0.2) is 0 Å². The van der Waals surface area contributed by atoms with E-state index < -0.39 is 0 Å². The van der Waals surface area contributed by atoms with E-state index >= 15 is 0 Å². The number of nitrogens with one attached hydrogen (secondary N) is 1. The summed E-state index contributed by atoms with van der Waals surface area (Å²) < 4.78 is 11.3. The van der Waals surface area contributed by atoms with Gasteiger partial charge in [-0.1, -0.05) is 26.0 Å². The zero-order valence-electron chi connectivity index (χ0n) is 12.0. The lowest BCUT2D eigenvalue weighted by Gasteiger charge is -2.23. The maximum atomic E-state index is 5.95. The van der Waals surface area contributed by atoms with Gasteiger partial charge in [-0.3, -0.25) is 0 Å². The van der Waals surface area contributed by atoms with Gasteiger partial charge in [0.1, 0.15) is 11.9 Å². The van der Waals surface area contributed by atoms with Crippen molar-refractivity contribution in [1.82, 2.24) is 5.32 Å². The smallest absolute Gasteiger partial charge is 0.119 e. The Balaban J connectivity index is 1.77. The van der Waals surface area contributed by atoms with Gasteiger partial charge in [0, 0.05) is 19.4 Å². The monoisotopic (exact) mass is 263 g/mol. The van der Waals surface area contributed by atoms with E-state index in [0.29, 0.717) is 12.0 Å². The maximum absolute atomic E-state index is 5.95. The lowest BCUT2D eigenvalue weighted by atomic mass is 10.1. The van der Waals surface area contributed by atoms with E-state index in [1.165, 1.54) is 5.56 Å². The van der Waals surface area contributed by atoms with E-state index in [9.17, 15) is 0 Å². The molecule has 1 aliphatic rings. The van der Waals surface area contributed by atoms with Gasteiger partial charge >= 0.3 is 0 Å². The van der Waals surface area contributed by atoms with E-state index in [0.717, 1.165) is 44.9 Å². The number of benzene rings is 1. The minimum absolute atomic E-state index is 0.318. The van der Waals surface area contributed by atoms with E-state index in [-0.39, 0.29) is 0 Å². The number of hydrogen-bond donors (Lipinski definition) is 1. The molecule has 0 spiro atoms. The summed E-state index contributed by atoms with van der Waals surface area (Å²) in [5.74, 6) is 1.66. The first-order valence-electron chi connectivity index (χ1n) is 7.28. The molecule has 0 radical (unpaired) electrons. The second-order valence-electron chi connectivity index (χ2n) is 5.60. The molecule has 0 bridgehead atoms. The minimum atomic E-state index is 0.318. The summed E-state index contributed by atoms with van der Waals surface area (Å²) in [5.41, 5.74) is 1.31. The lowest BCUT2D eigenvalue weighted by Crippen LogP contribution is -2.25. The maximum Gasteiger partial charge on any atom is 0.119 e. The summed E-state index contributed by atoms with van der Waals surface area (Å²) in [6.07, 6.45) is 2.31. The summed E-state index contributed by atoms with van der Waals surface area (Å²) in [7, 11) is 0. The molecule has 3 nitrogen and oxygen atoms in total. The molecule has 2 rings (SSSR count). The molecular weight excluding hydrogens is 238 g/mol. The predicted molar refractivity (Wildman–Crippen MR) is 77.5 cm³/mol. The van der Waals surface area contributed by atoms with Crippen LogP contribution >= 0.6 is 0 Å². The van der Waals surface area contributed by atoms with Crippen LogP contribution in [0.4, 0.5) is 0 Å². The number of ether oxygens (including phenoxy) is 2. The summed E-state index contributed by atoms with van der Waals surface area (Å²) in [6, 6.07) is 8.42. The Morgan fingerprint density at radius 2 is 1.89 bits per heavy atom. The van der Waals surface area contributed by atoms with Crippen molar-refractivity contribution in [2.24, 2.45) is 5.92 Å². The quantitative estimate of drug-likeness (QED) is 0.856. The second kappa shape index (κ2) is 7.51. The molecule has 19 heavy (non-hydrogen) atoms. The normalized spacial score (nSPS) is 16.8. The molecule has 0 unspecified atom stereocenters. The lowest BCUT2D eigenvalue weighted by molar-refractivity contribution is 0.0255. The summed E-state index contributed by atoms with van der Waals surface area (Å²) in [6.45, 7) is 8.06. The van der Waals surface area contributed by atoms with Crippen LogP contribution in [-0.4, -0.2) is 25.9 Å². The van der Waals surface area contributed by atoms with Gasteiger partial charge in [-0.05, 0) is 30.2 Å². The fraction of sp³-hybridized carbons (Fsp3) is 0.625. The van der Waals surface area contributed by atoms with Crippen molar-refractivity contribution in [2.75, 3.05) is 19.8 Å². The Morgan fingerprint density at radius 1 is 1.21 bits per heavy atom. The van der Waals surface area contributed by atoms with Crippen LogP contribution in [0.1, 0.15) is 32.3 Å². The van der Waals surface area contributed by atoms with Crippen molar-refractivity contribution < 1.29 is 9.47 Å². The Labute approximate surface area is 116 Å². The molecule has 0 saturated carbocycles. The minimum Gasteiger partial charge on any atom is -0.490 e. The molecule has 0 aliphatic carbocycles. The molecule has 1 N–H and O–H groups in total. The predicted octanol–water partition coefficient (Wildman–Crippen LogP) is 2.99. The largest absolute Gasteiger partial charge is 0.490 e. The first-order valence-corrected chi connectivity index (χ1v) is 7.28. The number of hydrogen-bond acceptors (Lipinski definition) is 3. The fourth-order valence-corrected chi connectivity index (χ4v) is 2.18. The molecular formula is C16H25NO2. The van der Waals surface area contributed by atoms with E-state index in [4.69, 9.17) is 9.47 Å². The van der Waals surface area contributed by atoms with E-state index in [1.807, 2.05) is 0 Å². The van der Waals surface area contributed by atoms with Crippen LogP contribution in [-0.2, 0) is 11.3 Å². The van der Waals surface area contributed by atoms with Gasteiger partial charge < -0.3 is 14.8 Å². The fourth-order valence-electron chi connectivity index (χ4n) is 2.18. The molecule has 1 aromatic carbocycles. The highest BCUT2D eigenvalue weighted by Gasteiger charge is 2.14. The highest BCUT2D eigenvalue weighted by Crippen LogP contribution is 2.18. The summed E-state index contributed by atoms with van der Waals surface area (Å²) in [4.78, 5) is 0. The molecule has 1 aliphatic heterocycles. The molecule has 1 heterocycles. The first-order chi connectivity index (χ1) is 9.24. The van der Waals surface area contributed by atoms with Gasteiger partial charge in [0.25, 0.3) is 0 Å². The van der Waals surface area contributed by atoms with Crippen LogP contribution in [0, 0.1) is 5.92 Å². The van der Waals surface area contributed by atoms with Crippen LogP contribution in [0.15, 0.2) is 24.3 Å². The highest BCUT2D eigenvalue weighted by atomic mass is 16.5. The molecule has 0 atom stereocenters. The zero-order valence-corrected chi connectivity index (χ0v) is 12.0. The molecule has 1 saturated heterocycles. The second-order valence-corrected chi connectivity index (χ2v) is 5.60. The van der Waals surface area contributed by atoms with Crippen molar-refractivity contribution in [1.29, 1.82) is 0 Å². The molecule has 1 aromatic rings. The Bertz CT molecular complexity index is 356. The van der Waals surface area contributed by atoms with Crippen molar-refractivity contribution >= 4 is 0 Å². The van der Waals surface area contributed by atoms with E-state index in [2.05, 4.69) is 43.4 Å². The van der Waals surface area contributed by atoms with Crippen LogP contribution in [0.2, 0.25) is 0 Å². The zero-order chi connectivity index (χ0) is 13.5.